The Kier molecular flexibility index (Phi) is 9.27. The lowest BCUT2D eigenvalue weighted by Gasteiger charge is -2.36. The normalized spacial score (nSPS) is 14.0. The van der Waals surface area contributed by atoms with Gasteiger partial charge in [-0.25, -0.2) is 0 Å². The second-order valence-corrected chi connectivity index (χ2v) is 11.2. The van der Waals surface area contributed by atoms with E-state index >= 15 is 0 Å². The summed E-state index contributed by atoms with van der Waals surface area (Å²) < 4.78 is 0. The smallest absolute Gasteiger partial charge is 0.254 e. The number of rotatable bonds is 9. The van der Waals surface area contributed by atoms with Crippen LogP contribution in [0.3, 0.4) is 0 Å². The molecule has 5 rings (SSSR count). The van der Waals surface area contributed by atoms with Gasteiger partial charge < -0.3 is 14.7 Å². The van der Waals surface area contributed by atoms with E-state index in [2.05, 4.69) is 65.3 Å². The van der Waals surface area contributed by atoms with E-state index in [4.69, 9.17) is 0 Å². The van der Waals surface area contributed by atoms with Gasteiger partial charge in [0.15, 0.2) is 5.82 Å². The molecule has 0 unspecified atom stereocenters. The minimum atomic E-state index is -0.0904. The minimum Gasteiger partial charge on any atom is -0.352 e. The molecule has 1 atom stereocenters. The third-order valence-electron chi connectivity index (χ3n) is 8.04. The quantitative estimate of drug-likeness (QED) is 0.252. The number of benzene rings is 3. The van der Waals surface area contributed by atoms with Gasteiger partial charge >= 0.3 is 0 Å². The minimum absolute atomic E-state index is 0.0150. The fourth-order valence-electron chi connectivity index (χ4n) is 5.16. The Balaban J connectivity index is 1.17. The fourth-order valence-corrected chi connectivity index (χ4v) is 5.16. The van der Waals surface area contributed by atoms with Crippen molar-refractivity contribution in [3.05, 3.63) is 102 Å². The van der Waals surface area contributed by atoms with Crippen molar-refractivity contribution in [3.63, 3.8) is 0 Å². The first-order valence-electron chi connectivity index (χ1n) is 14.8. The van der Waals surface area contributed by atoms with Gasteiger partial charge in [-0.3, -0.25) is 9.59 Å². The van der Waals surface area contributed by atoms with Gasteiger partial charge in [0, 0.05) is 43.9 Å². The number of amides is 2. The van der Waals surface area contributed by atoms with Gasteiger partial charge in [-0.05, 0) is 48.2 Å². The van der Waals surface area contributed by atoms with E-state index in [1.54, 1.807) is 4.90 Å². The summed E-state index contributed by atoms with van der Waals surface area (Å²) in [7, 11) is 0. The van der Waals surface area contributed by atoms with Crippen LogP contribution in [0.15, 0.2) is 91.0 Å². The van der Waals surface area contributed by atoms with Crippen LogP contribution in [0.25, 0.3) is 22.4 Å². The van der Waals surface area contributed by atoms with Crippen molar-refractivity contribution in [2.45, 2.75) is 27.2 Å². The highest BCUT2D eigenvalue weighted by Crippen LogP contribution is 2.24. The molecular weight excluding hydrogens is 522 g/mol. The summed E-state index contributed by atoms with van der Waals surface area (Å²) in [6.45, 7) is 9.38. The number of carbonyl (C=O) groups excluding carboxylic acids is 2. The summed E-state index contributed by atoms with van der Waals surface area (Å²) in [4.78, 5) is 32.4. The molecule has 1 aromatic heterocycles. The number of hydrogen-bond donors (Lipinski definition) is 0. The van der Waals surface area contributed by atoms with Crippen molar-refractivity contribution < 1.29 is 9.59 Å². The van der Waals surface area contributed by atoms with E-state index in [0.29, 0.717) is 44.2 Å². The Morgan fingerprint density at radius 2 is 1.43 bits per heavy atom. The van der Waals surface area contributed by atoms with E-state index in [0.717, 1.165) is 29.1 Å². The van der Waals surface area contributed by atoms with Crippen molar-refractivity contribution in [2.75, 3.05) is 44.2 Å². The first-order valence-corrected chi connectivity index (χ1v) is 14.8. The standard InChI is InChI=1S/C35H39N5O2/c1-4-26(2)24-40(35(42)31-12-10-27(3)11-13-31)25-34(41)39-22-20-38(21-23-39)33-19-18-32(36-37-33)30-16-14-29(15-17-30)28-8-6-5-7-9-28/h5-19,26H,4,20-25H2,1-3H3/t26-/m0/s1. The number of aromatic nitrogens is 2. The molecular formula is C35H39N5O2. The molecule has 1 fully saturated rings. The first kappa shape index (κ1) is 29.0. The molecule has 7 nitrogen and oxygen atoms in total. The summed E-state index contributed by atoms with van der Waals surface area (Å²) >= 11 is 0. The number of carbonyl (C=O) groups is 2. The monoisotopic (exact) mass is 561 g/mol. The Hall–Kier alpha value is -4.52. The average Bonchev–Trinajstić information content (AvgIpc) is 3.05. The van der Waals surface area contributed by atoms with E-state index in [-0.39, 0.29) is 18.4 Å². The lowest BCUT2D eigenvalue weighted by Crippen LogP contribution is -2.52. The molecule has 1 aliphatic rings. The first-order chi connectivity index (χ1) is 20.4. The van der Waals surface area contributed by atoms with Gasteiger partial charge in [0.2, 0.25) is 5.91 Å². The molecule has 1 saturated heterocycles. The zero-order chi connectivity index (χ0) is 29.5. The van der Waals surface area contributed by atoms with Crippen molar-refractivity contribution in [3.8, 4) is 22.4 Å². The molecule has 7 heteroatoms. The van der Waals surface area contributed by atoms with E-state index in [1.807, 2.05) is 66.4 Å². The molecule has 42 heavy (non-hydrogen) atoms. The van der Waals surface area contributed by atoms with Crippen molar-refractivity contribution >= 4 is 17.6 Å². The SMILES string of the molecule is CC[C@H](C)CN(CC(=O)N1CCN(c2ccc(-c3ccc(-c4ccccc4)cc3)nn2)CC1)C(=O)c1ccc(C)cc1. The summed E-state index contributed by atoms with van der Waals surface area (Å²) in [5, 5.41) is 9.00. The number of anilines is 1. The number of nitrogens with zero attached hydrogens (tertiary/aromatic N) is 5. The van der Waals surface area contributed by atoms with Crippen LogP contribution in [0.1, 0.15) is 36.2 Å². The third-order valence-corrected chi connectivity index (χ3v) is 8.04. The molecule has 0 spiro atoms. The molecule has 4 aromatic rings. The van der Waals surface area contributed by atoms with E-state index in [1.165, 1.54) is 11.1 Å². The van der Waals surface area contributed by atoms with E-state index in [9.17, 15) is 9.59 Å². The average molecular weight is 562 g/mol. The van der Waals surface area contributed by atoms with Gasteiger partial charge in [0.1, 0.15) is 6.54 Å². The van der Waals surface area contributed by atoms with Crippen LogP contribution in [-0.2, 0) is 4.79 Å². The number of aryl methyl sites for hydroxylation is 1. The lowest BCUT2D eigenvalue weighted by atomic mass is 10.0. The molecule has 0 N–H and O–H groups in total. The second-order valence-electron chi connectivity index (χ2n) is 11.2. The number of piperazine rings is 1. The molecule has 2 amide bonds. The van der Waals surface area contributed by atoms with Gasteiger partial charge in [0.25, 0.3) is 5.91 Å². The largest absolute Gasteiger partial charge is 0.352 e. The Labute approximate surface area is 248 Å². The molecule has 0 bridgehead atoms. The third kappa shape index (κ3) is 7.03. The van der Waals surface area contributed by atoms with Crippen LogP contribution in [0, 0.1) is 12.8 Å². The molecule has 216 valence electrons. The predicted molar refractivity (Wildman–Crippen MR) is 168 cm³/mol. The van der Waals surface area contributed by atoms with Crippen LogP contribution in [-0.4, -0.2) is 71.1 Å². The van der Waals surface area contributed by atoms with Gasteiger partial charge in [-0.15, -0.1) is 10.2 Å². The Bertz CT molecular complexity index is 1460. The summed E-state index contributed by atoms with van der Waals surface area (Å²) in [5.74, 6) is 1.01. The molecule has 0 radical (unpaired) electrons. The zero-order valence-corrected chi connectivity index (χ0v) is 24.7. The van der Waals surface area contributed by atoms with Crippen LogP contribution in [0.4, 0.5) is 5.82 Å². The Morgan fingerprint density at radius 1 is 0.786 bits per heavy atom. The molecule has 3 aromatic carbocycles. The van der Waals surface area contributed by atoms with E-state index < -0.39 is 0 Å². The van der Waals surface area contributed by atoms with Gasteiger partial charge in [-0.2, -0.15) is 0 Å². The van der Waals surface area contributed by atoms with Crippen molar-refractivity contribution in [2.24, 2.45) is 5.92 Å². The fraction of sp³-hybridized carbons (Fsp3) is 0.314. The lowest BCUT2D eigenvalue weighted by molar-refractivity contribution is -0.132. The molecule has 1 aliphatic heterocycles. The molecule has 2 heterocycles. The van der Waals surface area contributed by atoms with Crippen molar-refractivity contribution in [1.29, 1.82) is 0 Å². The van der Waals surface area contributed by atoms with Crippen LogP contribution in [0.5, 0.6) is 0 Å². The maximum atomic E-state index is 13.3. The molecule has 0 saturated carbocycles. The maximum absolute atomic E-state index is 13.3. The predicted octanol–water partition coefficient (Wildman–Crippen LogP) is 5.96. The Morgan fingerprint density at radius 3 is 2.05 bits per heavy atom. The van der Waals surface area contributed by atoms with Crippen molar-refractivity contribution in [1.82, 2.24) is 20.0 Å². The topological polar surface area (TPSA) is 69.6 Å². The molecule has 0 aliphatic carbocycles. The maximum Gasteiger partial charge on any atom is 0.254 e. The highest BCUT2D eigenvalue weighted by atomic mass is 16.2. The summed E-state index contributed by atoms with van der Waals surface area (Å²) in [6, 6.07) is 30.2. The zero-order valence-electron chi connectivity index (χ0n) is 24.7. The van der Waals surface area contributed by atoms with Gasteiger partial charge in [0.05, 0.1) is 5.69 Å². The second kappa shape index (κ2) is 13.4. The van der Waals surface area contributed by atoms with Crippen LogP contribution >= 0.6 is 0 Å². The number of hydrogen-bond acceptors (Lipinski definition) is 5. The van der Waals surface area contributed by atoms with Gasteiger partial charge in [-0.1, -0.05) is 92.6 Å². The van der Waals surface area contributed by atoms with Crippen LogP contribution in [0.2, 0.25) is 0 Å². The highest BCUT2D eigenvalue weighted by Gasteiger charge is 2.26. The summed E-state index contributed by atoms with van der Waals surface area (Å²) in [5.41, 5.74) is 5.92. The summed E-state index contributed by atoms with van der Waals surface area (Å²) in [6.07, 6.45) is 0.948. The van der Waals surface area contributed by atoms with Crippen LogP contribution < -0.4 is 4.90 Å². The highest BCUT2D eigenvalue weighted by molar-refractivity contribution is 5.96.